The number of carboxylic acid groups (broad SMARTS) is 1. The minimum Gasteiger partial charge on any atom is -0.481 e. The summed E-state index contributed by atoms with van der Waals surface area (Å²) in [5.74, 6) is -0.0598. The first-order valence-electron chi connectivity index (χ1n) is 18.3. The Kier molecular flexibility index (Phi) is 12.2. The van der Waals surface area contributed by atoms with Crippen molar-refractivity contribution in [2.45, 2.75) is 56.6 Å². The SMILES string of the molecule is C[C@@H]1[C@H](CSc2nc(-c3ccccc3)c(-c3ccccc3)o2)O[C@H](c2cccc(-c3cccc(CNC(=O)CCC(=O)O)c3)c2)O[C@@H]1c1ccc(CO)cc1. The molecule has 280 valence electrons. The monoisotopic (exact) mass is 754 g/mol. The first-order chi connectivity index (χ1) is 26.8. The summed E-state index contributed by atoms with van der Waals surface area (Å²) in [5.41, 5.74) is 8.21. The topological polar surface area (TPSA) is 131 Å². The molecule has 2 heterocycles. The lowest BCUT2D eigenvalue weighted by atomic mass is 9.91. The maximum absolute atomic E-state index is 12.1. The van der Waals surface area contributed by atoms with Crippen molar-refractivity contribution in [3.8, 4) is 33.7 Å². The number of hydrogen-bond donors (Lipinski definition) is 3. The molecule has 1 fully saturated rings. The van der Waals surface area contributed by atoms with Crippen molar-refractivity contribution in [3.05, 3.63) is 156 Å². The number of hydrogen-bond acceptors (Lipinski definition) is 8. The van der Waals surface area contributed by atoms with Gasteiger partial charge in [-0.15, -0.1) is 0 Å². The third-order valence-electron chi connectivity index (χ3n) is 9.66. The van der Waals surface area contributed by atoms with Crippen LogP contribution in [0, 0.1) is 5.92 Å². The fraction of sp³-hybridized carbons (Fsp3) is 0.222. The number of amides is 1. The van der Waals surface area contributed by atoms with Gasteiger partial charge in [-0.05, 0) is 39.9 Å². The summed E-state index contributed by atoms with van der Waals surface area (Å²) in [5, 5.41) is 21.9. The summed E-state index contributed by atoms with van der Waals surface area (Å²) in [4.78, 5) is 28.0. The number of aliphatic hydroxyl groups is 1. The predicted molar refractivity (Wildman–Crippen MR) is 212 cm³/mol. The molecule has 7 rings (SSSR count). The highest BCUT2D eigenvalue weighted by molar-refractivity contribution is 7.99. The van der Waals surface area contributed by atoms with E-state index >= 15 is 0 Å². The molecule has 0 saturated carbocycles. The number of aliphatic hydroxyl groups excluding tert-OH is 1. The number of thioether (sulfide) groups is 1. The van der Waals surface area contributed by atoms with Gasteiger partial charge in [-0.25, -0.2) is 4.98 Å². The number of carbonyl (C=O) groups is 2. The molecule has 4 atom stereocenters. The molecule has 0 bridgehead atoms. The molecule has 9 nitrogen and oxygen atoms in total. The van der Waals surface area contributed by atoms with E-state index < -0.39 is 12.3 Å². The number of ether oxygens (including phenoxy) is 2. The van der Waals surface area contributed by atoms with Gasteiger partial charge >= 0.3 is 5.97 Å². The molecule has 0 unspecified atom stereocenters. The summed E-state index contributed by atoms with van der Waals surface area (Å²) in [6.45, 7) is 2.39. The molecule has 10 heteroatoms. The van der Waals surface area contributed by atoms with Gasteiger partial charge in [0.15, 0.2) is 12.1 Å². The maximum Gasteiger partial charge on any atom is 0.303 e. The second kappa shape index (κ2) is 17.7. The zero-order valence-corrected chi connectivity index (χ0v) is 31.2. The molecule has 55 heavy (non-hydrogen) atoms. The quantitative estimate of drug-likeness (QED) is 0.0932. The van der Waals surface area contributed by atoms with Crippen LogP contribution >= 0.6 is 11.8 Å². The molecule has 5 aromatic carbocycles. The van der Waals surface area contributed by atoms with Gasteiger partial charge in [0, 0.05) is 41.3 Å². The lowest BCUT2D eigenvalue weighted by molar-refractivity contribution is -0.268. The van der Waals surface area contributed by atoms with Crippen molar-refractivity contribution in [1.82, 2.24) is 10.3 Å². The van der Waals surface area contributed by atoms with Crippen LogP contribution in [0.15, 0.2) is 143 Å². The lowest BCUT2D eigenvalue weighted by Gasteiger charge is -2.41. The van der Waals surface area contributed by atoms with E-state index in [9.17, 15) is 14.7 Å². The molecule has 1 saturated heterocycles. The highest BCUT2D eigenvalue weighted by Gasteiger charge is 2.39. The summed E-state index contributed by atoms with van der Waals surface area (Å²) in [6.07, 6.45) is -1.48. The fourth-order valence-electron chi connectivity index (χ4n) is 6.64. The number of aliphatic carboxylic acids is 1. The van der Waals surface area contributed by atoms with E-state index in [1.807, 2.05) is 127 Å². The molecule has 1 aromatic heterocycles. The molecule has 0 spiro atoms. The van der Waals surface area contributed by atoms with E-state index in [2.05, 4.69) is 18.3 Å². The highest BCUT2D eigenvalue weighted by atomic mass is 32.2. The van der Waals surface area contributed by atoms with Crippen LogP contribution in [-0.4, -0.2) is 38.9 Å². The zero-order chi connectivity index (χ0) is 38.1. The number of carbonyl (C=O) groups excluding carboxylic acids is 1. The van der Waals surface area contributed by atoms with Crippen LogP contribution in [0.25, 0.3) is 33.7 Å². The summed E-state index contributed by atoms with van der Waals surface area (Å²) in [7, 11) is 0. The smallest absolute Gasteiger partial charge is 0.303 e. The van der Waals surface area contributed by atoms with Crippen LogP contribution in [0.2, 0.25) is 0 Å². The van der Waals surface area contributed by atoms with Gasteiger partial charge in [-0.1, -0.05) is 140 Å². The Bertz CT molecular complexity index is 2150. The van der Waals surface area contributed by atoms with Crippen LogP contribution in [0.1, 0.15) is 54.4 Å². The third-order valence-corrected chi connectivity index (χ3v) is 10.6. The van der Waals surface area contributed by atoms with Crippen molar-refractivity contribution >= 4 is 23.6 Å². The highest BCUT2D eigenvalue weighted by Crippen LogP contribution is 2.44. The van der Waals surface area contributed by atoms with Crippen molar-refractivity contribution in [2.75, 3.05) is 5.75 Å². The molecule has 1 aliphatic rings. The van der Waals surface area contributed by atoms with Gasteiger partial charge in [-0.3, -0.25) is 9.59 Å². The average molecular weight is 755 g/mol. The van der Waals surface area contributed by atoms with Gasteiger partial charge in [0.25, 0.3) is 5.22 Å². The van der Waals surface area contributed by atoms with Crippen LogP contribution in [0.5, 0.6) is 0 Å². The second-order valence-corrected chi connectivity index (χ2v) is 14.5. The normalized spacial score (nSPS) is 18.1. The van der Waals surface area contributed by atoms with Crippen LogP contribution < -0.4 is 5.32 Å². The number of nitrogens with zero attached hydrogens (tertiary/aromatic N) is 1. The van der Waals surface area contributed by atoms with Gasteiger partial charge in [0.05, 0.1) is 25.2 Å². The Labute approximate surface area is 324 Å². The molecule has 1 amide bonds. The maximum atomic E-state index is 12.1. The summed E-state index contributed by atoms with van der Waals surface area (Å²) >= 11 is 1.52. The summed E-state index contributed by atoms with van der Waals surface area (Å²) in [6, 6.07) is 43.9. The Morgan fingerprint density at radius 2 is 1.40 bits per heavy atom. The third kappa shape index (κ3) is 9.41. The molecule has 3 N–H and O–H groups in total. The van der Waals surface area contributed by atoms with E-state index in [0.717, 1.165) is 56.0 Å². The zero-order valence-electron chi connectivity index (χ0n) is 30.3. The molecule has 1 aliphatic heterocycles. The standard InChI is InChI=1S/C45H42N2O7S/c1-29-38(28-55-45-47-41(32-11-4-2-5-12-32)43(54-45)33-13-6-3-7-14-33)52-44(53-42(29)34-20-18-30(27-48)19-21-34)37-17-9-16-36(25-37)35-15-8-10-31(24-35)26-46-39(49)22-23-40(50)51/h2-21,24-25,29,38,42,44,48H,22-23,26-28H2,1H3,(H,46,49)(H,50,51)/t29-,38+,42+,44+/m1/s1. The largest absolute Gasteiger partial charge is 0.481 e. The van der Waals surface area contributed by atoms with E-state index in [1.165, 1.54) is 11.8 Å². The van der Waals surface area contributed by atoms with Gasteiger partial charge < -0.3 is 29.4 Å². The lowest BCUT2D eigenvalue weighted by Crippen LogP contribution is -2.38. The van der Waals surface area contributed by atoms with E-state index in [4.69, 9.17) is 24.0 Å². The van der Waals surface area contributed by atoms with Crippen LogP contribution in [0.3, 0.4) is 0 Å². The number of aromatic nitrogens is 1. The minimum absolute atomic E-state index is 0.0357. The first kappa shape index (κ1) is 37.8. The number of carboxylic acids is 1. The predicted octanol–water partition coefficient (Wildman–Crippen LogP) is 9.23. The number of benzene rings is 5. The average Bonchev–Trinajstić information content (AvgIpc) is 3.67. The van der Waals surface area contributed by atoms with Crippen molar-refractivity contribution in [2.24, 2.45) is 5.92 Å². The fourth-order valence-corrected chi connectivity index (χ4v) is 7.62. The first-order valence-corrected chi connectivity index (χ1v) is 19.3. The molecular weight excluding hydrogens is 713 g/mol. The van der Waals surface area contributed by atoms with E-state index in [0.29, 0.717) is 17.5 Å². The number of rotatable bonds is 14. The molecular formula is C45H42N2O7S. The van der Waals surface area contributed by atoms with Gasteiger partial charge in [-0.2, -0.15) is 0 Å². The Balaban J connectivity index is 1.13. The molecule has 6 aromatic rings. The van der Waals surface area contributed by atoms with E-state index in [1.54, 1.807) is 0 Å². The van der Waals surface area contributed by atoms with Crippen LogP contribution in [0.4, 0.5) is 0 Å². The number of nitrogens with one attached hydrogen (secondary N) is 1. The van der Waals surface area contributed by atoms with Gasteiger partial charge in [0.1, 0.15) is 5.69 Å². The molecule has 0 radical (unpaired) electrons. The van der Waals surface area contributed by atoms with Crippen molar-refractivity contribution in [1.29, 1.82) is 0 Å². The Morgan fingerprint density at radius 3 is 2.11 bits per heavy atom. The van der Waals surface area contributed by atoms with Crippen LogP contribution in [-0.2, 0) is 32.2 Å². The van der Waals surface area contributed by atoms with Crippen molar-refractivity contribution in [3.63, 3.8) is 0 Å². The van der Waals surface area contributed by atoms with Crippen molar-refractivity contribution < 1.29 is 33.7 Å². The van der Waals surface area contributed by atoms with E-state index in [-0.39, 0.29) is 43.5 Å². The second-order valence-electron chi connectivity index (χ2n) is 13.5. The Morgan fingerprint density at radius 1 is 0.727 bits per heavy atom. The van der Waals surface area contributed by atoms with Gasteiger partial charge in [0.2, 0.25) is 5.91 Å². The number of oxazole rings is 1. The Hall–Kier alpha value is -5.52. The molecule has 0 aliphatic carbocycles. The summed E-state index contributed by atoms with van der Waals surface area (Å²) < 4.78 is 20.0. The minimum atomic E-state index is -1.00.